The standard InChI is InChI=1S/C8H5F3INO2/c9-8(10,11)15-6-4-2-1-3-5(6)7(14)13-12/h1-4H,(H,13,14). The summed E-state index contributed by atoms with van der Waals surface area (Å²) >= 11 is 1.53. The predicted octanol–water partition coefficient (Wildman–Crippen LogP) is 2.67. The fourth-order valence-electron chi connectivity index (χ4n) is 0.919. The minimum atomic E-state index is -4.80. The van der Waals surface area contributed by atoms with Crippen molar-refractivity contribution in [1.82, 2.24) is 3.53 Å². The van der Waals surface area contributed by atoms with Gasteiger partial charge in [0.25, 0.3) is 5.91 Å². The van der Waals surface area contributed by atoms with Crippen LogP contribution in [-0.4, -0.2) is 12.3 Å². The molecule has 0 fully saturated rings. The first-order valence-electron chi connectivity index (χ1n) is 3.70. The molecule has 0 aliphatic heterocycles. The molecule has 1 rings (SSSR count). The first-order chi connectivity index (χ1) is 6.94. The Morgan fingerprint density at radius 2 is 1.93 bits per heavy atom. The summed E-state index contributed by atoms with van der Waals surface area (Å²) in [5, 5.41) is 0. The summed E-state index contributed by atoms with van der Waals surface area (Å²) in [5.74, 6) is -1.16. The summed E-state index contributed by atoms with van der Waals surface area (Å²) in [6.07, 6.45) is -4.80. The summed E-state index contributed by atoms with van der Waals surface area (Å²) in [6, 6.07) is 5.12. The van der Waals surface area contributed by atoms with Crippen LogP contribution in [0.1, 0.15) is 10.4 Å². The zero-order valence-corrected chi connectivity index (χ0v) is 9.30. The maximum Gasteiger partial charge on any atom is 0.573 e. The van der Waals surface area contributed by atoms with E-state index in [0.29, 0.717) is 0 Å². The first kappa shape index (κ1) is 12.1. The third-order valence-corrected chi connectivity index (χ3v) is 1.93. The molecule has 82 valence electrons. The average Bonchev–Trinajstić information content (AvgIpc) is 2.15. The van der Waals surface area contributed by atoms with Crippen molar-refractivity contribution < 1.29 is 22.7 Å². The van der Waals surface area contributed by atoms with E-state index >= 15 is 0 Å². The Bertz CT molecular complexity index is 367. The number of halogens is 4. The monoisotopic (exact) mass is 331 g/mol. The van der Waals surface area contributed by atoms with Gasteiger partial charge in [-0.3, -0.25) is 8.32 Å². The molecule has 0 aliphatic carbocycles. The van der Waals surface area contributed by atoms with Crippen LogP contribution in [0.5, 0.6) is 5.75 Å². The van der Waals surface area contributed by atoms with Gasteiger partial charge in [-0.25, -0.2) is 0 Å². The van der Waals surface area contributed by atoms with E-state index in [1.165, 1.54) is 41.1 Å². The SMILES string of the molecule is O=C(NI)c1ccccc1OC(F)(F)F. The van der Waals surface area contributed by atoms with E-state index in [1.807, 2.05) is 0 Å². The lowest BCUT2D eigenvalue weighted by molar-refractivity contribution is -0.274. The summed E-state index contributed by atoms with van der Waals surface area (Å²) in [4.78, 5) is 11.2. The normalized spacial score (nSPS) is 10.9. The van der Waals surface area contributed by atoms with Gasteiger partial charge in [-0.1, -0.05) is 12.1 Å². The van der Waals surface area contributed by atoms with Gasteiger partial charge in [-0.2, -0.15) is 0 Å². The highest BCUT2D eigenvalue weighted by Crippen LogP contribution is 2.26. The van der Waals surface area contributed by atoms with Gasteiger partial charge in [0.05, 0.1) is 28.4 Å². The summed E-state index contributed by atoms with van der Waals surface area (Å²) in [7, 11) is 0. The molecule has 1 aromatic carbocycles. The Hall–Kier alpha value is -0.990. The maximum atomic E-state index is 11.9. The van der Waals surface area contributed by atoms with Gasteiger partial charge in [0.15, 0.2) is 0 Å². The Morgan fingerprint density at radius 1 is 1.33 bits per heavy atom. The second-order valence-electron chi connectivity index (χ2n) is 2.47. The largest absolute Gasteiger partial charge is 0.573 e. The molecule has 0 saturated heterocycles. The average molecular weight is 331 g/mol. The maximum absolute atomic E-state index is 11.9. The van der Waals surface area contributed by atoms with Crippen molar-refractivity contribution in [3.05, 3.63) is 29.8 Å². The van der Waals surface area contributed by atoms with Gasteiger partial charge < -0.3 is 4.74 Å². The van der Waals surface area contributed by atoms with E-state index < -0.39 is 18.0 Å². The van der Waals surface area contributed by atoms with Crippen LogP contribution >= 0.6 is 22.9 Å². The number of alkyl halides is 3. The lowest BCUT2D eigenvalue weighted by atomic mass is 10.2. The highest BCUT2D eigenvalue weighted by molar-refractivity contribution is 14.1. The van der Waals surface area contributed by atoms with E-state index in [2.05, 4.69) is 8.27 Å². The van der Waals surface area contributed by atoms with Crippen LogP contribution in [0.25, 0.3) is 0 Å². The van der Waals surface area contributed by atoms with Gasteiger partial charge in [0, 0.05) is 0 Å². The summed E-state index contributed by atoms with van der Waals surface area (Å²) < 4.78 is 41.7. The van der Waals surface area contributed by atoms with E-state index in [4.69, 9.17) is 0 Å². The third-order valence-electron chi connectivity index (χ3n) is 1.44. The van der Waals surface area contributed by atoms with Gasteiger partial charge >= 0.3 is 6.36 Å². The number of ether oxygens (including phenoxy) is 1. The lowest BCUT2D eigenvalue weighted by Crippen LogP contribution is -2.20. The third kappa shape index (κ3) is 3.57. The summed E-state index contributed by atoms with van der Waals surface area (Å²) in [6.45, 7) is 0. The molecule has 0 bridgehead atoms. The number of carbonyl (C=O) groups is 1. The molecular weight excluding hydrogens is 326 g/mol. The van der Waals surface area contributed by atoms with Crippen molar-refractivity contribution in [3.63, 3.8) is 0 Å². The molecule has 0 spiro atoms. The quantitative estimate of drug-likeness (QED) is 0.668. The molecule has 3 nitrogen and oxygen atoms in total. The van der Waals surface area contributed by atoms with Crippen LogP contribution in [0.15, 0.2) is 24.3 Å². The molecule has 7 heteroatoms. The fourth-order valence-corrected chi connectivity index (χ4v) is 1.21. The molecule has 0 atom stereocenters. The van der Waals surface area contributed by atoms with E-state index in [1.54, 1.807) is 0 Å². The Balaban J connectivity index is 3.02. The molecule has 0 radical (unpaired) electrons. The Kier molecular flexibility index (Phi) is 3.77. The molecule has 1 N–H and O–H groups in total. The van der Waals surface area contributed by atoms with E-state index in [-0.39, 0.29) is 5.56 Å². The predicted molar refractivity (Wildman–Crippen MR) is 54.6 cm³/mol. The zero-order chi connectivity index (χ0) is 11.5. The molecule has 15 heavy (non-hydrogen) atoms. The first-order valence-corrected chi connectivity index (χ1v) is 4.77. The molecule has 0 aromatic heterocycles. The number of rotatable bonds is 2. The van der Waals surface area contributed by atoms with E-state index in [9.17, 15) is 18.0 Å². The second kappa shape index (κ2) is 4.69. The highest BCUT2D eigenvalue weighted by Gasteiger charge is 2.32. The van der Waals surface area contributed by atoms with Crippen LogP contribution in [-0.2, 0) is 0 Å². The lowest BCUT2D eigenvalue weighted by Gasteiger charge is -2.11. The zero-order valence-electron chi connectivity index (χ0n) is 7.14. The molecule has 0 saturated carbocycles. The van der Waals surface area contributed by atoms with E-state index in [0.717, 1.165) is 6.07 Å². The van der Waals surface area contributed by atoms with Gasteiger partial charge in [-0.15, -0.1) is 13.2 Å². The molecular formula is C8H5F3INO2. The highest BCUT2D eigenvalue weighted by atomic mass is 127. The number of nitrogens with one attached hydrogen (secondary N) is 1. The van der Waals surface area contributed by atoms with Crippen LogP contribution < -0.4 is 8.27 Å². The van der Waals surface area contributed by atoms with Crippen molar-refractivity contribution >= 4 is 28.8 Å². The molecule has 0 unspecified atom stereocenters. The van der Waals surface area contributed by atoms with Crippen molar-refractivity contribution in [2.75, 3.05) is 0 Å². The van der Waals surface area contributed by atoms with Gasteiger partial charge in [-0.05, 0) is 12.1 Å². The van der Waals surface area contributed by atoms with Crippen molar-refractivity contribution in [1.29, 1.82) is 0 Å². The van der Waals surface area contributed by atoms with Gasteiger partial charge in [0.2, 0.25) is 0 Å². The second-order valence-corrected chi connectivity index (χ2v) is 3.01. The Labute approximate surface area is 97.1 Å². The number of carbonyl (C=O) groups excluding carboxylic acids is 1. The molecule has 1 aromatic rings. The number of benzene rings is 1. The Morgan fingerprint density at radius 3 is 2.47 bits per heavy atom. The van der Waals surface area contributed by atoms with Crippen LogP contribution in [0.2, 0.25) is 0 Å². The fraction of sp³-hybridized carbons (Fsp3) is 0.125. The molecule has 0 aliphatic rings. The van der Waals surface area contributed by atoms with Crippen molar-refractivity contribution in [2.45, 2.75) is 6.36 Å². The minimum Gasteiger partial charge on any atom is -0.405 e. The van der Waals surface area contributed by atoms with Crippen LogP contribution in [0, 0.1) is 0 Å². The number of amides is 1. The number of hydrogen-bond acceptors (Lipinski definition) is 2. The van der Waals surface area contributed by atoms with Crippen molar-refractivity contribution in [3.8, 4) is 5.75 Å². The molecule has 0 heterocycles. The van der Waals surface area contributed by atoms with Crippen LogP contribution in [0.3, 0.4) is 0 Å². The molecule has 1 amide bonds. The number of hydrogen-bond donors (Lipinski definition) is 1. The smallest absolute Gasteiger partial charge is 0.405 e. The number of para-hydroxylation sites is 1. The van der Waals surface area contributed by atoms with Crippen molar-refractivity contribution in [2.24, 2.45) is 0 Å². The van der Waals surface area contributed by atoms with Crippen LogP contribution in [0.4, 0.5) is 13.2 Å². The van der Waals surface area contributed by atoms with Gasteiger partial charge in [0.1, 0.15) is 5.75 Å². The minimum absolute atomic E-state index is 0.163. The summed E-state index contributed by atoms with van der Waals surface area (Å²) in [5.41, 5.74) is -0.163. The topological polar surface area (TPSA) is 38.3 Å².